The largest absolute Gasteiger partial charge is 0.336 e. The van der Waals surface area contributed by atoms with Crippen molar-refractivity contribution in [3.63, 3.8) is 0 Å². The molecule has 1 atom stereocenters. The summed E-state index contributed by atoms with van der Waals surface area (Å²) in [6.45, 7) is 16.8. The predicted octanol–water partition coefficient (Wildman–Crippen LogP) is 8.10. The molecule has 186 valence electrons. The summed E-state index contributed by atoms with van der Waals surface area (Å²) < 4.78 is 6.45. The molecule has 3 aromatic carbocycles. The maximum atomic E-state index is 12.5. The van der Waals surface area contributed by atoms with Gasteiger partial charge >= 0.3 is 6.03 Å². The Balaban J connectivity index is 0.00000210. The first-order chi connectivity index (χ1) is 17.0. The fourth-order valence-electron chi connectivity index (χ4n) is 3.50. The zero-order valence-electron chi connectivity index (χ0n) is 21.3. The van der Waals surface area contributed by atoms with Gasteiger partial charge in [0, 0.05) is 16.3 Å². The number of allylic oxidation sites excluding steroid dienone is 1. The number of hydrogen-bond donors (Lipinski definition) is 2. The molecule has 0 aliphatic rings. The van der Waals surface area contributed by atoms with Gasteiger partial charge in [-0.3, -0.25) is 0 Å². The topological polar surface area (TPSA) is 50.4 Å². The lowest BCUT2D eigenvalue weighted by molar-refractivity contribution is 0.235. The van der Waals surface area contributed by atoms with Crippen LogP contribution in [0.2, 0.25) is 0 Å². The van der Waals surface area contributed by atoms with Crippen molar-refractivity contribution in [2.75, 3.05) is 13.2 Å². The minimum atomic E-state index is -1.88. The van der Waals surface area contributed by atoms with Gasteiger partial charge in [-0.05, 0) is 60.7 Å². The van der Waals surface area contributed by atoms with Crippen LogP contribution in [0.3, 0.4) is 0 Å². The van der Waals surface area contributed by atoms with Gasteiger partial charge in [-0.1, -0.05) is 97.5 Å². The van der Waals surface area contributed by atoms with E-state index in [4.69, 9.17) is 4.18 Å². The highest BCUT2D eigenvalue weighted by Gasteiger charge is 2.26. The van der Waals surface area contributed by atoms with Crippen molar-refractivity contribution in [2.24, 2.45) is 0 Å². The number of rotatable bonds is 10. The molecule has 0 radical (unpaired) electrons. The van der Waals surface area contributed by atoms with E-state index in [1.165, 1.54) is 0 Å². The van der Waals surface area contributed by atoms with E-state index < -0.39 is 10.3 Å². The fraction of sp³-hybridized carbons (Fsp3) is 0.233. The molecule has 0 bridgehead atoms. The van der Waals surface area contributed by atoms with E-state index in [-0.39, 0.29) is 12.1 Å². The Bertz CT molecular complexity index is 1040. The first-order valence-corrected chi connectivity index (χ1v) is 13.6. The van der Waals surface area contributed by atoms with Crippen LogP contribution >= 0.6 is 10.3 Å². The van der Waals surface area contributed by atoms with Crippen LogP contribution in [0.25, 0.3) is 5.57 Å². The molecule has 3 rings (SSSR count). The maximum absolute atomic E-state index is 12.5. The third kappa shape index (κ3) is 7.61. The van der Waals surface area contributed by atoms with E-state index in [0.29, 0.717) is 13.2 Å². The molecule has 0 aliphatic carbocycles. The van der Waals surface area contributed by atoms with Crippen LogP contribution < -0.4 is 10.6 Å². The Morgan fingerprint density at radius 3 is 2.06 bits per heavy atom. The highest BCUT2D eigenvalue weighted by atomic mass is 32.3. The van der Waals surface area contributed by atoms with Gasteiger partial charge in [-0.15, -0.1) is 0 Å². The van der Waals surface area contributed by atoms with Crippen LogP contribution in [0.15, 0.2) is 113 Å². The van der Waals surface area contributed by atoms with E-state index in [9.17, 15) is 4.79 Å². The van der Waals surface area contributed by atoms with Gasteiger partial charge in [0.25, 0.3) is 0 Å². The quantitative estimate of drug-likeness (QED) is 0.282. The number of urea groups is 1. The van der Waals surface area contributed by atoms with Crippen molar-refractivity contribution in [1.29, 1.82) is 0 Å². The van der Waals surface area contributed by atoms with Crippen molar-refractivity contribution >= 4 is 21.9 Å². The number of carbonyl (C=O) groups is 1. The molecule has 0 heterocycles. The van der Waals surface area contributed by atoms with Crippen LogP contribution in [0.4, 0.5) is 4.79 Å². The minimum Gasteiger partial charge on any atom is -0.336 e. The Labute approximate surface area is 212 Å². The SMILES string of the molecule is C=CS(OCCNC(=O)NC(C)c1cccc(C(=C)C)c1)(c1ccccc1)c1ccccc1.CC. The molecule has 0 spiro atoms. The zero-order valence-corrected chi connectivity index (χ0v) is 22.1. The van der Waals surface area contributed by atoms with Gasteiger partial charge < -0.3 is 14.8 Å². The standard InChI is InChI=1S/C28H32N2O2S.C2H6/c1-5-33(26-15-8-6-9-16-26,27-17-10-7-11-18-27)32-20-19-29-28(31)30-23(4)25-14-12-13-24(21-25)22(2)3;1-2/h5-18,21,23H,1-2,19-20H2,3-4H3,(H2,29,30,31);1-2H3. The molecule has 5 heteroatoms. The predicted molar refractivity (Wildman–Crippen MR) is 151 cm³/mol. The van der Waals surface area contributed by atoms with Crippen molar-refractivity contribution in [2.45, 2.75) is 43.5 Å². The molecular formula is C30H38N2O2S. The summed E-state index contributed by atoms with van der Waals surface area (Å²) in [4.78, 5) is 14.6. The summed E-state index contributed by atoms with van der Waals surface area (Å²) in [5.74, 6) is 0. The van der Waals surface area contributed by atoms with Gasteiger partial charge in [0.05, 0.1) is 12.6 Å². The lowest BCUT2D eigenvalue weighted by Gasteiger charge is -2.37. The third-order valence-electron chi connectivity index (χ3n) is 5.31. The fourth-order valence-corrected chi connectivity index (χ4v) is 5.99. The second kappa shape index (κ2) is 14.2. The maximum Gasteiger partial charge on any atom is 0.315 e. The van der Waals surface area contributed by atoms with Crippen LogP contribution in [0.5, 0.6) is 0 Å². The molecule has 0 fully saturated rings. The van der Waals surface area contributed by atoms with Gasteiger partial charge in [-0.2, -0.15) is 0 Å². The van der Waals surface area contributed by atoms with Gasteiger partial charge in [0.15, 0.2) is 0 Å². The van der Waals surface area contributed by atoms with Crippen LogP contribution in [0.1, 0.15) is 44.9 Å². The number of amides is 2. The molecular weight excluding hydrogens is 452 g/mol. The van der Waals surface area contributed by atoms with Crippen molar-refractivity contribution in [1.82, 2.24) is 10.6 Å². The molecule has 3 aromatic rings. The van der Waals surface area contributed by atoms with Crippen LogP contribution in [-0.2, 0) is 4.18 Å². The van der Waals surface area contributed by atoms with Gasteiger partial charge in [-0.25, -0.2) is 4.79 Å². The Kier molecular flexibility index (Phi) is 11.3. The summed E-state index contributed by atoms with van der Waals surface area (Å²) in [7, 11) is -1.88. The number of carbonyl (C=O) groups excluding carboxylic acids is 1. The molecule has 1 unspecified atom stereocenters. The molecule has 0 aromatic heterocycles. The molecule has 2 amide bonds. The summed E-state index contributed by atoms with van der Waals surface area (Å²) in [6, 6.07) is 27.9. The minimum absolute atomic E-state index is 0.128. The lowest BCUT2D eigenvalue weighted by atomic mass is 10.0. The average molecular weight is 491 g/mol. The van der Waals surface area contributed by atoms with Crippen molar-refractivity contribution in [3.05, 3.63) is 115 Å². The summed E-state index contributed by atoms with van der Waals surface area (Å²) in [5, 5.41) is 7.79. The number of nitrogens with one attached hydrogen (secondary N) is 2. The first-order valence-electron chi connectivity index (χ1n) is 12.0. The van der Waals surface area contributed by atoms with Crippen molar-refractivity contribution in [3.8, 4) is 0 Å². The Morgan fingerprint density at radius 2 is 1.54 bits per heavy atom. The molecule has 4 nitrogen and oxygen atoms in total. The normalized spacial score (nSPS) is 11.9. The average Bonchev–Trinajstić information content (AvgIpc) is 2.91. The summed E-state index contributed by atoms with van der Waals surface area (Å²) in [5.41, 5.74) is 3.10. The van der Waals surface area contributed by atoms with E-state index in [1.54, 1.807) is 0 Å². The first kappa shape index (κ1) is 28.0. The smallest absolute Gasteiger partial charge is 0.315 e. The van der Waals surface area contributed by atoms with Gasteiger partial charge in [0.1, 0.15) is 0 Å². The summed E-state index contributed by atoms with van der Waals surface area (Å²) >= 11 is 0. The highest BCUT2D eigenvalue weighted by molar-refractivity contribution is 8.32. The number of benzene rings is 3. The second-order valence-electron chi connectivity index (χ2n) is 7.74. The zero-order chi connectivity index (χ0) is 25.7. The van der Waals surface area contributed by atoms with E-state index in [1.807, 2.05) is 87.7 Å². The van der Waals surface area contributed by atoms with Crippen molar-refractivity contribution < 1.29 is 8.98 Å². The monoisotopic (exact) mass is 490 g/mol. The van der Waals surface area contributed by atoms with E-state index in [0.717, 1.165) is 26.5 Å². The lowest BCUT2D eigenvalue weighted by Crippen LogP contribution is -2.38. The number of hydrogen-bond acceptors (Lipinski definition) is 2. The highest BCUT2D eigenvalue weighted by Crippen LogP contribution is 2.64. The Morgan fingerprint density at radius 1 is 0.971 bits per heavy atom. The van der Waals surface area contributed by atoms with Crippen LogP contribution in [0, 0.1) is 0 Å². The van der Waals surface area contributed by atoms with Gasteiger partial charge in [0.2, 0.25) is 0 Å². The Hall–Kier alpha value is -3.28. The molecule has 0 saturated carbocycles. The van der Waals surface area contributed by atoms with E-state index >= 15 is 0 Å². The van der Waals surface area contributed by atoms with E-state index in [2.05, 4.69) is 54.1 Å². The second-order valence-corrected chi connectivity index (χ2v) is 10.5. The molecule has 35 heavy (non-hydrogen) atoms. The molecule has 0 saturated heterocycles. The third-order valence-corrected chi connectivity index (χ3v) is 8.26. The molecule has 0 aliphatic heterocycles. The molecule has 2 N–H and O–H groups in total. The summed E-state index contributed by atoms with van der Waals surface area (Å²) in [6.07, 6.45) is 0. The van der Waals surface area contributed by atoms with Crippen LogP contribution in [-0.4, -0.2) is 19.2 Å².